The average molecular weight is 286 g/mol. The molecule has 0 unspecified atom stereocenters. The van der Waals surface area contributed by atoms with Crippen LogP contribution in [0.1, 0.15) is 11.1 Å². The van der Waals surface area contributed by atoms with Gasteiger partial charge in [-0.2, -0.15) is 5.26 Å². The first kappa shape index (κ1) is 13.8. The van der Waals surface area contributed by atoms with Gasteiger partial charge in [0, 0.05) is 23.5 Å². The van der Waals surface area contributed by atoms with Crippen LogP contribution < -0.4 is 4.74 Å². The van der Waals surface area contributed by atoms with E-state index in [2.05, 4.69) is 11.1 Å². The SMILES string of the molecule is N#Cc1ccc(-c2cccnc2)c(OCc2ccccc2)c1. The Hall–Kier alpha value is -3.12. The standard InChI is InChI=1S/C19H14N2O/c20-12-16-8-9-18(17-7-4-10-21-13-17)19(11-16)22-14-15-5-2-1-3-6-15/h1-11,13H,14H2. The van der Waals surface area contributed by atoms with Gasteiger partial charge in [-0.25, -0.2) is 0 Å². The summed E-state index contributed by atoms with van der Waals surface area (Å²) >= 11 is 0. The first-order valence-corrected chi connectivity index (χ1v) is 6.98. The van der Waals surface area contributed by atoms with Gasteiger partial charge in [0.2, 0.25) is 0 Å². The second-order valence-electron chi connectivity index (χ2n) is 4.84. The third-order valence-corrected chi connectivity index (χ3v) is 3.32. The fourth-order valence-electron chi connectivity index (χ4n) is 2.21. The van der Waals surface area contributed by atoms with Crippen LogP contribution in [0.15, 0.2) is 73.1 Å². The molecular formula is C19H14N2O. The maximum absolute atomic E-state index is 9.09. The molecule has 0 saturated heterocycles. The predicted octanol–water partition coefficient (Wildman–Crippen LogP) is 4.20. The summed E-state index contributed by atoms with van der Waals surface area (Å²) in [6, 6.07) is 21.4. The van der Waals surface area contributed by atoms with Crippen molar-refractivity contribution in [3.05, 3.63) is 84.2 Å². The largest absolute Gasteiger partial charge is 0.488 e. The van der Waals surface area contributed by atoms with Gasteiger partial charge < -0.3 is 4.74 Å². The third-order valence-electron chi connectivity index (χ3n) is 3.32. The summed E-state index contributed by atoms with van der Waals surface area (Å²) in [5, 5.41) is 9.09. The molecule has 0 saturated carbocycles. The van der Waals surface area contributed by atoms with Gasteiger partial charge in [-0.3, -0.25) is 4.98 Å². The molecule has 0 atom stereocenters. The molecule has 3 rings (SSSR count). The zero-order valence-corrected chi connectivity index (χ0v) is 11.9. The monoisotopic (exact) mass is 286 g/mol. The number of hydrogen-bond donors (Lipinski definition) is 0. The number of ether oxygens (including phenoxy) is 1. The minimum absolute atomic E-state index is 0.461. The topological polar surface area (TPSA) is 45.9 Å². The normalized spacial score (nSPS) is 9.95. The molecular weight excluding hydrogens is 272 g/mol. The van der Waals surface area contributed by atoms with Gasteiger partial charge in [0.25, 0.3) is 0 Å². The quantitative estimate of drug-likeness (QED) is 0.722. The van der Waals surface area contributed by atoms with Crippen LogP contribution in [0.4, 0.5) is 0 Å². The molecule has 0 bridgehead atoms. The molecule has 1 aromatic heterocycles. The van der Waals surface area contributed by atoms with E-state index in [1.807, 2.05) is 48.5 Å². The van der Waals surface area contributed by atoms with Crippen molar-refractivity contribution in [1.29, 1.82) is 5.26 Å². The Balaban J connectivity index is 1.92. The number of rotatable bonds is 4. The molecule has 0 radical (unpaired) electrons. The predicted molar refractivity (Wildman–Crippen MR) is 85.2 cm³/mol. The summed E-state index contributed by atoms with van der Waals surface area (Å²) < 4.78 is 5.94. The van der Waals surface area contributed by atoms with Crippen LogP contribution in [0.2, 0.25) is 0 Å². The van der Waals surface area contributed by atoms with E-state index in [1.54, 1.807) is 24.5 Å². The first-order valence-electron chi connectivity index (χ1n) is 6.98. The van der Waals surface area contributed by atoms with E-state index in [-0.39, 0.29) is 0 Å². The van der Waals surface area contributed by atoms with Gasteiger partial charge in [-0.05, 0) is 29.8 Å². The lowest BCUT2D eigenvalue weighted by molar-refractivity contribution is 0.307. The van der Waals surface area contributed by atoms with E-state index in [0.717, 1.165) is 16.7 Å². The second kappa shape index (κ2) is 6.55. The van der Waals surface area contributed by atoms with Crippen molar-refractivity contribution in [2.24, 2.45) is 0 Å². The van der Waals surface area contributed by atoms with Crippen molar-refractivity contribution >= 4 is 0 Å². The molecule has 0 amide bonds. The zero-order chi connectivity index (χ0) is 15.2. The minimum atomic E-state index is 0.461. The highest BCUT2D eigenvalue weighted by Gasteiger charge is 2.08. The summed E-state index contributed by atoms with van der Waals surface area (Å²) in [5.41, 5.74) is 3.57. The molecule has 0 spiro atoms. The molecule has 0 aliphatic rings. The Morgan fingerprint density at radius 1 is 1.00 bits per heavy atom. The van der Waals surface area contributed by atoms with Crippen molar-refractivity contribution in [1.82, 2.24) is 4.98 Å². The Morgan fingerprint density at radius 2 is 1.86 bits per heavy atom. The average Bonchev–Trinajstić information content (AvgIpc) is 2.61. The second-order valence-corrected chi connectivity index (χ2v) is 4.84. The molecule has 3 aromatic rings. The molecule has 22 heavy (non-hydrogen) atoms. The molecule has 2 aromatic carbocycles. The summed E-state index contributed by atoms with van der Waals surface area (Å²) in [4.78, 5) is 4.14. The molecule has 0 N–H and O–H groups in total. The number of pyridine rings is 1. The Bertz CT molecular complexity index is 793. The summed E-state index contributed by atoms with van der Waals surface area (Å²) in [5.74, 6) is 0.691. The van der Waals surface area contributed by atoms with Crippen LogP contribution in [-0.4, -0.2) is 4.98 Å². The van der Waals surface area contributed by atoms with Crippen molar-refractivity contribution in [2.75, 3.05) is 0 Å². The van der Waals surface area contributed by atoms with E-state index in [0.29, 0.717) is 17.9 Å². The molecule has 0 aliphatic carbocycles. The van der Waals surface area contributed by atoms with Gasteiger partial charge in [0.15, 0.2) is 0 Å². The maximum atomic E-state index is 9.09. The van der Waals surface area contributed by atoms with Gasteiger partial charge in [-0.15, -0.1) is 0 Å². The van der Waals surface area contributed by atoms with Crippen LogP contribution in [0.3, 0.4) is 0 Å². The van der Waals surface area contributed by atoms with E-state index >= 15 is 0 Å². The minimum Gasteiger partial charge on any atom is -0.488 e. The lowest BCUT2D eigenvalue weighted by atomic mass is 10.0. The van der Waals surface area contributed by atoms with Gasteiger partial charge >= 0.3 is 0 Å². The zero-order valence-electron chi connectivity index (χ0n) is 11.9. The fourth-order valence-corrected chi connectivity index (χ4v) is 2.21. The smallest absolute Gasteiger partial charge is 0.129 e. The van der Waals surface area contributed by atoms with Gasteiger partial charge in [-0.1, -0.05) is 36.4 Å². The van der Waals surface area contributed by atoms with Crippen LogP contribution in [0.25, 0.3) is 11.1 Å². The van der Waals surface area contributed by atoms with Crippen molar-refractivity contribution < 1.29 is 4.74 Å². The fraction of sp³-hybridized carbons (Fsp3) is 0.0526. The van der Waals surface area contributed by atoms with E-state index in [9.17, 15) is 0 Å². The van der Waals surface area contributed by atoms with Crippen molar-refractivity contribution in [3.8, 4) is 22.9 Å². The Labute approximate surface area is 129 Å². The number of benzene rings is 2. The molecule has 3 heteroatoms. The van der Waals surface area contributed by atoms with Gasteiger partial charge in [0.1, 0.15) is 12.4 Å². The van der Waals surface area contributed by atoms with Crippen LogP contribution >= 0.6 is 0 Å². The van der Waals surface area contributed by atoms with Crippen molar-refractivity contribution in [3.63, 3.8) is 0 Å². The van der Waals surface area contributed by atoms with E-state index in [4.69, 9.17) is 10.00 Å². The van der Waals surface area contributed by atoms with E-state index in [1.165, 1.54) is 0 Å². The van der Waals surface area contributed by atoms with Gasteiger partial charge in [0.05, 0.1) is 11.6 Å². The third kappa shape index (κ3) is 3.13. The number of aromatic nitrogens is 1. The highest BCUT2D eigenvalue weighted by atomic mass is 16.5. The number of hydrogen-bond acceptors (Lipinski definition) is 3. The number of nitrogens with zero attached hydrogens (tertiary/aromatic N) is 2. The summed E-state index contributed by atoms with van der Waals surface area (Å²) in [7, 11) is 0. The lowest BCUT2D eigenvalue weighted by Gasteiger charge is -2.12. The number of nitriles is 1. The highest BCUT2D eigenvalue weighted by Crippen LogP contribution is 2.31. The summed E-state index contributed by atoms with van der Waals surface area (Å²) in [6.45, 7) is 0.461. The molecule has 1 heterocycles. The Kier molecular flexibility index (Phi) is 4.12. The Morgan fingerprint density at radius 3 is 2.59 bits per heavy atom. The van der Waals surface area contributed by atoms with Crippen LogP contribution in [0.5, 0.6) is 5.75 Å². The van der Waals surface area contributed by atoms with Crippen LogP contribution in [0, 0.1) is 11.3 Å². The molecule has 3 nitrogen and oxygen atoms in total. The summed E-state index contributed by atoms with van der Waals surface area (Å²) in [6.07, 6.45) is 3.52. The maximum Gasteiger partial charge on any atom is 0.129 e. The van der Waals surface area contributed by atoms with Crippen molar-refractivity contribution in [2.45, 2.75) is 6.61 Å². The molecule has 106 valence electrons. The van der Waals surface area contributed by atoms with Crippen LogP contribution in [-0.2, 0) is 6.61 Å². The molecule has 0 aliphatic heterocycles. The first-order chi connectivity index (χ1) is 10.9. The highest BCUT2D eigenvalue weighted by molar-refractivity contribution is 5.70. The molecule has 0 fully saturated rings. The van der Waals surface area contributed by atoms with E-state index < -0.39 is 0 Å². The lowest BCUT2D eigenvalue weighted by Crippen LogP contribution is -1.97.